The van der Waals surface area contributed by atoms with Crippen LogP contribution in [-0.4, -0.2) is 6.09 Å². The lowest BCUT2D eigenvalue weighted by molar-refractivity contribution is -0.584. The number of rotatable bonds is 3. The number of amides is 1. The quantitative estimate of drug-likeness (QED) is 0.345. The molecular weight excluding hydrogens is 244 g/mol. The van der Waals surface area contributed by atoms with Crippen LogP contribution in [0.25, 0.3) is 0 Å². The van der Waals surface area contributed by atoms with E-state index in [-0.39, 0.29) is 0 Å². The Kier molecular flexibility index (Phi) is 6.49. The van der Waals surface area contributed by atoms with Gasteiger partial charge in [-0.25, -0.2) is 5.43 Å². The third-order valence-corrected chi connectivity index (χ3v) is 2.07. The van der Waals surface area contributed by atoms with Gasteiger partial charge in [0.2, 0.25) is 0 Å². The topological polar surface area (TPSA) is 107 Å². The normalized spacial score (nSPS) is 8.89. The molecule has 6 nitrogen and oxygen atoms in total. The molecule has 0 saturated heterocycles. The van der Waals surface area contributed by atoms with Gasteiger partial charge in [0, 0.05) is 12.1 Å². The van der Waals surface area contributed by atoms with E-state index in [1.165, 1.54) is 0 Å². The van der Waals surface area contributed by atoms with Gasteiger partial charge in [0.05, 0.1) is 5.69 Å². The van der Waals surface area contributed by atoms with Gasteiger partial charge in [0.25, 0.3) is 0 Å². The third-order valence-electron chi connectivity index (χ3n) is 2.07. The number of benzene rings is 2. The van der Waals surface area contributed by atoms with Crippen LogP contribution in [0, 0.1) is 0 Å². The summed E-state index contributed by atoms with van der Waals surface area (Å²) in [6, 6.07) is 18.7. The summed E-state index contributed by atoms with van der Waals surface area (Å²) in [7, 11) is 0. The van der Waals surface area contributed by atoms with Crippen LogP contribution in [0.1, 0.15) is 0 Å². The number of hydrogen-bond acceptors (Lipinski definition) is 4. The zero-order chi connectivity index (χ0) is 13.9. The van der Waals surface area contributed by atoms with Crippen LogP contribution in [0.15, 0.2) is 60.7 Å². The Balaban J connectivity index is 0.000000200. The monoisotopic (exact) mass is 260 g/mol. The van der Waals surface area contributed by atoms with Crippen molar-refractivity contribution in [3.8, 4) is 0 Å². The summed E-state index contributed by atoms with van der Waals surface area (Å²) in [5.74, 6) is 5.22. The van der Waals surface area contributed by atoms with Crippen LogP contribution in [0.4, 0.5) is 16.2 Å². The van der Waals surface area contributed by atoms with Gasteiger partial charge in [0.1, 0.15) is 5.69 Å². The van der Waals surface area contributed by atoms with Crippen molar-refractivity contribution in [2.24, 2.45) is 5.84 Å². The molecule has 2 aromatic rings. The Bertz CT molecular complexity index is 477. The number of hydrazine groups is 1. The molecule has 2 aromatic carbocycles. The highest BCUT2D eigenvalue weighted by molar-refractivity contribution is 5.64. The Morgan fingerprint density at radius 2 is 1.53 bits per heavy atom. The molecule has 0 heterocycles. The average Bonchev–Trinajstić information content (AvgIpc) is 2.48. The molecule has 0 aromatic heterocycles. The van der Waals surface area contributed by atoms with Crippen molar-refractivity contribution >= 4 is 17.5 Å². The van der Waals surface area contributed by atoms with Crippen LogP contribution < -0.4 is 27.2 Å². The minimum absolute atomic E-state index is 0.678. The molecule has 0 atom stereocenters. The molecule has 0 fully saturated rings. The smallest absolute Gasteiger partial charge is 0.153 e. The lowest BCUT2D eigenvalue weighted by atomic mass is 10.3. The second-order valence-corrected chi connectivity index (χ2v) is 3.48. The molecule has 0 aliphatic rings. The first-order chi connectivity index (χ1) is 9.22. The molecule has 6 heteroatoms. The maximum atomic E-state index is 9.89. The fourth-order valence-electron chi connectivity index (χ4n) is 1.21. The first kappa shape index (κ1) is 14.5. The molecule has 0 aliphatic carbocycles. The van der Waals surface area contributed by atoms with Gasteiger partial charge in [0.15, 0.2) is 6.09 Å². The summed E-state index contributed by atoms with van der Waals surface area (Å²) in [6.45, 7) is 0. The van der Waals surface area contributed by atoms with Crippen molar-refractivity contribution in [3.05, 3.63) is 60.7 Å². The van der Waals surface area contributed by atoms with Gasteiger partial charge in [-0.2, -0.15) is 5.84 Å². The number of carbonyl (C=O) groups excluding carboxylic acids is 1. The largest absolute Gasteiger partial charge is 0.529 e. The van der Waals surface area contributed by atoms with Gasteiger partial charge in [-0.05, 0) is 12.1 Å². The molecule has 1 amide bonds. The predicted octanol–water partition coefficient (Wildman–Crippen LogP) is -0.298. The molecule has 2 rings (SSSR count). The summed E-state index contributed by atoms with van der Waals surface area (Å²) in [5, 5.41) is 9.89. The van der Waals surface area contributed by atoms with Gasteiger partial charge in [-0.1, -0.05) is 36.4 Å². The van der Waals surface area contributed by atoms with Crippen molar-refractivity contribution in [2.75, 3.05) is 5.43 Å². The third kappa shape index (κ3) is 6.67. The minimum Gasteiger partial charge on any atom is -0.529 e. The maximum Gasteiger partial charge on any atom is 0.153 e. The number of hydrogen-bond donors (Lipinski definition) is 4. The van der Waals surface area contributed by atoms with Crippen LogP contribution in [0.3, 0.4) is 0 Å². The van der Waals surface area contributed by atoms with Crippen LogP contribution in [-0.2, 0) is 0 Å². The Labute approximate surface area is 111 Å². The summed E-state index contributed by atoms with van der Waals surface area (Å²) >= 11 is 0. The van der Waals surface area contributed by atoms with E-state index in [0.717, 1.165) is 5.69 Å². The molecule has 0 saturated carbocycles. The number of nitrogens with one attached hydrogen (secondary N) is 2. The fraction of sp³-hybridized carbons (Fsp3) is 0. The number of carbonyl (C=O) groups is 1. The highest BCUT2D eigenvalue weighted by atomic mass is 16.4. The summed E-state index contributed by atoms with van der Waals surface area (Å²) in [4.78, 5) is 9.89. The van der Waals surface area contributed by atoms with Crippen LogP contribution in [0.2, 0.25) is 0 Å². The molecule has 0 spiro atoms. The number of nitrogens with two attached hydrogens (primary N) is 2. The molecule has 0 unspecified atom stereocenters. The van der Waals surface area contributed by atoms with Crippen molar-refractivity contribution in [2.45, 2.75) is 0 Å². The van der Waals surface area contributed by atoms with Crippen LogP contribution >= 0.6 is 0 Å². The van der Waals surface area contributed by atoms with Crippen LogP contribution in [0.5, 0.6) is 0 Å². The lowest BCUT2D eigenvalue weighted by Crippen LogP contribution is -2.85. The van der Waals surface area contributed by atoms with Gasteiger partial charge in [-0.3, -0.25) is 10.9 Å². The van der Waals surface area contributed by atoms with Gasteiger partial charge < -0.3 is 9.90 Å². The van der Waals surface area contributed by atoms with Crippen molar-refractivity contribution in [1.82, 2.24) is 5.43 Å². The van der Waals surface area contributed by atoms with Crippen molar-refractivity contribution in [1.29, 1.82) is 0 Å². The van der Waals surface area contributed by atoms with E-state index in [1.54, 1.807) is 29.7 Å². The molecule has 100 valence electrons. The van der Waals surface area contributed by atoms with E-state index in [9.17, 15) is 9.90 Å². The minimum atomic E-state index is -1.35. The van der Waals surface area contributed by atoms with E-state index >= 15 is 0 Å². The molecule has 0 aliphatic heterocycles. The van der Waals surface area contributed by atoms with E-state index in [4.69, 9.17) is 5.84 Å². The fourth-order valence-corrected chi connectivity index (χ4v) is 1.21. The van der Waals surface area contributed by atoms with E-state index in [0.29, 0.717) is 5.69 Å². The number of quaternary nitrogens is 1. The average molecular weight is 260 g/mol. The molecule has 19 heavy (non-hydrogen) atoms. The number of anilines is 1. The molecule has 0 radical (unpaired) electrons. The Morgan fingerprint density at radius 3 is 1.95 bits per heavy atom. The van der Waals surface area contributed by atoms with Gasteiger partial charge in [-0.15, -0.1) is 0 Å². The molecule has 6 N–H and O–H groups in total. The Morgan fingerprint density at radius 1 is 1.00 bits per heavy atom. The summed E-state index contributed by atoms with van der Waals surface area (Å²) in [5.41, 5.74) is 7.67. The Hall–Kier alpha value is -2.57. The highest BCUT2D eigenvalue weighted by Crippen LogP contribution is 2.01. The first-order valence-electron chi connectivity index (χ1n) is 5.60. The van der Waals surface area contributed by atoms with Crippen molar-refractivity contribution in [3.63, 3.8) is 0 Å². The second kappa shape index (κ2) is 8.51. The van der Waals surface area contributed by atoms with Crippen molar-refractivity contribution < 1.29 is 15.3 Å². The van der Waals surface area contributed by atoms with Gasteiger partial charge >= 0.3 is 0 Å². The lowest BCUT2D eigenvalue weighted by Gasteiger charge is -2.08. The standard InChI is InChI=1S/C7H8N2O2.C6H8N2/c10-7(11)9-8-6-4-2-1-3-5-6;7-8-6-4-2-1-3-5-6/h1-5,8-9H,(H,10,11);1-5,8H,7H2. The summed E-state index contributed by atoms with van der Waals surface area (Å²) in [6.07, 6.45) is -1.35. The number of para-hydroxylation sites is 1. The SMILES string of the molecule is N[NH2+]c1ccccc1.O=C([O-])NNc1ccccc1. The second-order valence-electron chi connectivity index (χ2n) is 3.48. The summed E-state index contributed by atoms with van der Waals surface area (Å²) < 4.78 is 0. The predicted molar refractivity (Wildman–Crippen MR) is 70.8 cm³/mol. The maximum absolute atomic E-state index is 9.89. The molecule has 0 bridgehead atoms. The van der Waals surface area contributed by atoms with E-state index in [1.807, 2.05) is 41.8 Å². The van der Waals surface area contributed by atoms with E-state index < -0.39 is 6.09 Å². The zero-order valence-corrected chi connectivity index (χ0v) is 10.2. The highest BCUT2D eigenvalue weighted by Gasteiger charge is 1.85. The number of carboxylic acid groups (broad SMARTS) is 1. The zero-order valence-electron chi connectivity index (χ0n) is 10.2. The first-order valence-corrected chi connectivity index (χ1v) is 5.60. The van der Waals surface area contributed by atoms with E-state index in [2.05, 4.69) is 5.43 Å². The molecular formula is C13H16N4O2.